The summed E-state index contributed by atoms with van der Waals surface area (Å²) >= 11 is 0. The van der Waals surface area contributed by atoms with Crippen LogP contribution in [0.25, 0.3) is 0 Å². The van der Waals surface area contributed by atoms with Crippen molar-refractivity contribution in [1.82, 2.24) is 4.90 Å². The van der Waals surface area contributed by atoms with Gasteiger partial charge in [-0.05, 0) is 50.4 Å². The number of carboxylic acids is 1. The van der Waals surface area contributed by atoms with E-state index in [1.54, 1.807) is 0 Å². The van der Waals surface area contributed by atoms with E-state index in [9.17, 15) is 9.59 Å². The molecule has 2 saturated carbocycles. The minimum atomic E-state index is -0.953. The summed E-state index contributed by atoms with van der Waals surface area (Å²) in [6.45, 7) is 1.68. The molecule has 0 aromatic heterocycles. The fourth-order valence-corrected chi connectivity index (χ4v) is 2.68. The molecule has 3 aliphatic rings. The minimum Gasteiger partial charge on any atom is -0.479 e. The number of aliphatic carboxylic acids is 1. The second kappa shape index (κ2) is 5.12. The average Bonchev–Trinajstić information content (AvgIpc) is 3.29. The number of carboxylic acid groups (broad SMARTS) is 1. The van der Waals surface area contributed by atoms with Crippen LogP contribution in [0.4, 0.5) is 0 Å². The van der Waals surface area contributed by atoms with E-state index >= 15 is 0 Å². The van der Waals surface area contributed by atoms with E-state index < -0.39 is 18.2 Å². The Morgan fingerprint density at radius 3 is 1.89 bits per heavy atom. The summed E-state index contributed by atoms with van der Waals surface area (Å²) in [5, 5.41) is 8.91. The molecule has 1 N–H and O–H groups in total. The monoisotopic (exact) mass is 267 g/mol. The van der Waals surface area contributed by atoms with Crippen LogP contribution < -0.4 is 0 Å². The van der Waals surface area contributed by atoms with Crippen LogP contribution in [-0.4, -0.2) is 47.2 Å². The molecular weight excluding hydrogens is 246 g/mol. The molecule has 0 radical (unpaired) electrons. The summed E-state index contributed by atoms with van der Waals surface area (Å²) in [6, 6.07) is 0. The van der Waals surface area contributed by atoms with Crippen molar-refractivity contribution in [2.75, 3.05) is 13.1 Å². The lowest BCUT2D eigenvalue weighted by molar-refractivity contribution is -0.155. The van der Waals surface area contributed by atoms with E-state index in [-0.39, 0.29) is 5.91 Å². The lowest BCUT2D eigenvalue weighted by atomic mass is 10.1. The summed E-state index contributed by atoms with van der Waals surface area (Å²) in [5.74, 6) is 0.396. The van der Waals surface area contributed by atoms with Crippen LogP contribution in [0.5, 0.6) is 0 Å². The molecule has 2 aliphatic carbocycles. The number of ether oxygens (including phenoxy) is 1. The molecule has 1 heterocycles. The molecule has 5 heteroatoms. The smallest absolute Gasteiger partial charge is 0.332 e. The average molecular weight is 267 g/mol. The van der Waals surface area contributed by atoms with Gasteiger partial charge in [0, 0.05) is 13.1 Å². The summed E-state index contributed by atoms with van der Waals surface area (Å²) in [4.78, 5) is 25.2. The highest BCUT2D eigenvalue weighted by molar-refractivity contribution is 5.82. The second-order valence-electron chi connectivity index (χ2n) is 6.16. The van der Waals surface area contributed by atoms with E-state index in [2.05, 4.69) is 0 Å². The molecule has 0 aromatic rings. The number of amides is 1. The molecule has 2 unspecified atom stereocenters. The Balaban J connectivity index is 1.57. The fraction of sp³-hybridized carbons (Fsp3) is 0.857. The van der Waals surface area contributed by atoms with Gasteiger partial charge in [-0.2, -0.15) is 0 Å². The van der Waals surface area contributed by atoms with Gasteiger partial charge in [0.25, 0.3) is 5.91 Å². The number of carbonyl (C=O) groups excluding carboxylic acids is 1. The van der Waals surface area contributed by atoms with E-state index in [0.29, 0.717) is 24.7 Å². The van der Waals surface area contributed by atoms with Crippen LogP contribution in [0.2, 0.25) is 0 Å². The first kappa shape index (κ1) is 12.9. The van der Waals surface area contributed by atoms with Gasteiger partial charge < -0.3 is 14.7 Å². The maximum absolute atomic E-state index is 12.4. The Morgan fingerprint density at radius 1 is 0.947 bits per heavy atom. The highest BCUT2D eigenvalue weighted by Crippen LogP contribution is 2.34. The highest BCUT2D eigenvalue weighted by atomic mass is 16.5. The lowest BCUT2D eigenvalue weighted by Crippen LogP contribution is -2.42. The van der Waals surface area contributed by atoms with Gasteiger partial charge >= 0.3 is 5.97 Å². The molecule has 2 atom stereocenters. The Kier molecular flexibility index (Phi) is 3.48. The number of hydrogen-bond donors (Lipinski definition) is 1. The van der Waals surface area contributed by atoms with Gasteiger partial charge in [0.15, 0.2) is 6.10 Å². The quantitative estimate of drug-likeness (QED) is 0.787. The fourth-order valence-electron chi connectivity index (χ4n) is 2.68. The molecule has 1 saturated heterocycles. The third-order valence-corrected chi connectivity index (χ3v) is 4.23. The first-order chi connectivity index (χ1) is 9.13. The van der Waals surface area contributed by atoms with Crippen molar-refractivity contribution in [1.29, 1.82) is 0 Å². The number of rotatable bonds is 6. The predicted octanol–water partition coefficient (Wildman–Crippen LogP) is 1.27. The van der Waals surface area contributed by atoms with Crippen molar-refractivity contribution in [2.45, 2.75) is 50.7 Å². The molecule has 106 valence electrons. The van der Waals surface area contributed by atoms with Crippen LogP contribution in [-0.2, 0) is 14.3 Å². The van der Waals surface area contributed by atoms with Crippen molar-refractivity contribution < 1.29 is 19.4 Å². The zero-order valence-electron chi connectivity index (χ0n) is 11.1. The van der Waals surface area contributed by atoms with E-state index in [1.165, 1.54) is 25.7 Å². The summed E-state index contributed by atoms with van der Waals surface area (Å²) < 4.78 is 5.38. The topological polar surface area (TPSA) is 66.8 Å². The lowest BCUT2D eigenvalue weighted by Gasteiger charge is -2.25. The Morgan fingerprint density at radius 2 is 1.47 bits per heavy atom. The Labute approximate surface area is 112 Å². The summed E-state index contributed by atoms with van der Waals surface area (Å²) in [6.07, 6.45) is 4.55. The van der Waals surface area contributed by atoms with Gasteiger partial charge in [-0.1, -0.05) is 0 Å². The molecule has 0 bridgehead atoms. The summed E-state index contributed by atoms with van der Waals surface area (Å²) in [7, 11) is 0. The van der Waals surface area contributed by atoms with Crippen molar-refractivity contribution in [3.8, 4) is 0 Å². The molecule has 0 aromatic carbocycles. The Bertz CT molecular complexity index is 362. The van der Waals surface area contributed by atoms with Crippen molar-refractivity contribution in [3.05, 3.63) is 0 Å². The molecule has 5 nitrogen and oxygen atoms in total. The Hall–Kier alpha value is -1.10. The summed E-state index contributed by atoms with van der Waals surface area (Å²) in [5.41, 5.74) is 0. The molecule has 1 amide bonds. The maximum Gasteiger partial charge on any atom is 0.332 e. The van der Waals surface area contributed by atoms with E-state index in [0.717, 1.165) is 13.1 Å². The van der Waals surface area contributed by atoms with E-state index in [1.807, 2.05) is 4.90 Å². The second-order valence-corrected chi connectivity index (χ2v) is 6.16. The first-order valence-electron chi connectivity index (χ1n) is 7.30. The standard InChI is InChI=1S/C14H21NO4/c16-13(11-5-6-12(19-11)14(17)18)15(7-9-1-2-9)8-10-3-4-10/h9-12H,1-8H2,(H,17,18). The van der Waals surface area contributed by atoms with Gasteiger partial charge in [-0.3, -0.25) is 4.79 Å². The minimum absolute atomic E-state index is 0.0163. The predicted molar refractivity (Wildman–Crippen MR) is 67.6 cm³/mol. The first-order valence-corrected chi connectivity index (χ1v) is 7.30. The molecule has 3 fully saturated rings. The number of nitrogens with zero attached hydrogens (tertiary/aromatic N) is 1. The van der Waals surface area contributed by atoms with Crippen LogP contribution in [0.15, 0.2) is 0 Å². The zero-order valence-corrected chi connectivity index (χ0v) is 11.1. The van der Waals surface area contributed by atoms with Gasteiger partial charge in [0.1, 0.15) is 6.10 Å². The highest BCUT2D eigenvalue weighted by Gasteiger charge is 2.39. The largest absolute Gasteiger partial charge is 0.479 e. The zero-order chi connectivity index (χ0) is 13.4. The maximum atomic E-state index is 12.4. The van der Waals surface area contributed by atoms with Crippen molar-refractivity contribution in [2.24, 2.45) is 11.8 Å². The molecular formula is C14H21NO4. The van der Waals surface area contributed by atoms with Crippen LogP contribution in [0.1, 0.15) is 38.5 Å². The number of hydrogen-bond acceptors (Lipinski definition) is 3. The van der Waals surface area contributed by atoms with Gasteiger partial charge in [-0.15, -0.1) is 0 Å². The van der Waals surface area contributed by atoms with Crippen LogP contribution in [0.3, 0.4) is 0 Å². The number of carbonyl (C=O) groups is 2. The molecule has 3 rings (SSSR count). The SMILES string of the molecule is O=C(O)C1CCC(C(=O)N(CC2CC2)CC2CC2)O1. The van der Waals surface area contributed by atoms with Crippen molar-refractivity contribution >= 4 is 11.9 Å². The normalized spacial score (nSPS) is 30.3. The molecule has 19 heavy (non-hydrogen) atoms. The van der Waals surface area contributed by atoms with Crippen LogP contribution in [0, 0.1) is 11.8 Å². The molecule has 1 aliphatic heterocycles. The van der Waals surface area contributed by atoms with Crippen LogP contribution >= 0.6 is 0 Å². The van der Waals surface area contributed by atoms with Gasteiger partial charge in [0.05, 0.1) is 0 Å². The van der Waals surface area contributed by atoms with E-state index in [4.69, 9.17) is 9.84 Å². The van der Waals surface area contributed by atoms with Crippen molar-refractivity contribution in [3.63, 3.8) is 0 Å². The third kappa shape index (κ3) is 3.26. The molecule has 0 spiro atoms. The van der Waals surface area contributed by atoms with Gasteiger partial charge in [0.2, 0.25) is 0 Å². The third-order valence-electron chi connectivity index (χ3n) is 4.23. The van der Waals surface area contributed by atoms with Gasteiger partial charge in [-0.25, -0.2) is 4.79 Å².